The van der Waals surface area contributed by atoms with Gasteiger partial charge in [0, 0.05) is 36.5 Å². The van der Waals surface area contributed by atoms with Crippen LogP contribution in [0.1, 0.15) is 30.9 Å². The van der Waals surface area contributed by atoms with Crippen LogP contribution in [-0.2, 0) is 4.79 Å². The molecule has 2 aromatic heterocycles. The number of thioether (sulfide) groups is 1. The molecule has 1 fully saturated rings. The number of nitrogens with zero attached hydrogens (tertiary/aromatic N) is 2. The van der Waals surface area contributed by atoms with Crippen molar-refractivity contribution in [3.63, 3.8) is 0 Å². The predicted octanol–water partition coefficient (Wildman–Crippen LogP) is 5.55. The van der Waals surface area contributed by atoms with Crippen LogP contribution in [0.25, 0.3) is 10.9 Å². The first-order valence-corrected chi connectivity index (χ1v) is 13.7. The molecule has 3 aromatic rings. The Labute approximate surface area is 213 Å². The number of hydrogen-bond acceptors (Lipinski definition) is 7. The number of rotatable bonds is 10. The molecule has 0 amide bonds. The number of aliphatic carboxylic acids is 1. The Hall–Kier alpha value is -1.84. The van der Waals surface area contributed by atoms with E-state index in [2.05, 4.69) is 27.4 Å². The van der Waals surface area contributed by atoms with Crippen molar-refractivity contribution in [1.29, 1.82) is 0 Å². The van der Waals surface area contributed by atoms with Crippen LogP contribution < -0.4 is 10.5 Å². The highest BCUT2D eigenvalue weighted by atomic mass is 35.5. The molecule has 34 heavy (non-hydrogen) atoms. The molecule has 1 aromatic carbocycles. The molecule has 1 aliphatic rings. The van der Waals surface area contributed by atoms with Gasteiger partial charge in [0.05, 0.1) is 27.8 Å². The van der Waals surface area contributed by atoms with Crippen molar-refractivity contribution >= 4 is 51.6 Å². The number of benzene rings is 1. The van der Waals surface area contributed by atoms with Gasteiger partial charge in [0.15, 0.2) is 0 Å². The molecular formula is C25H30ClN3O3S2. The topological polar surface area (TPSA) is 88.7 Å². The number of carboxylic acid groups (broad SMARTS) is 1. The number of carboxylic acids is 1. The highest BCUT2D eigenvalue weighted by Crippen LogP contribution is 2.36. The van der Waals surface area contributed by atoms with Gasteiger partial charge < -0.3 is 20.5 Å². The molecule has 1 saturated heterocycles. The summed E-state index contributed by atoms with van der Waals surface area (Å²) in [5.41, 5.74) is 8.28. The lowest BCUT2D eigenvalue weighted by atomic mass is 9.81. The molecule has 9 heteroatoms. The number of ether oxygens (including phenoxy) is 1. The highest BCUT2D eigenvalue weighted by molar-refractivity contribution is 8.01. The minimum absolute atomic E-state index is 0.103. The van der Waals surface area contributed by atoms with Gasteiger partial charge >= 0.3 is 5.97 Å². The maximum Gasteiger partial charge on any atom is 0.308 e. The van der Waals surface area contributed by atoms with Gasteiger partial charge in [-0.2, -0.15) is 0 Å². The van der Waals surface area contributed by atoms with Crippen LogP contribution in [0.4, 0.5) is 0 Å². The van der Waals surface area contributed by atoms with Crippen LogP contribution in [0, 0.1) is 11.8 Å². The standard InChI is InChI=1S/C25H30ClN3O3S2/c1-32-17-5-7-22-18(13-17)24(20(26)14-28-22)21(27)6-4-16-8-9-29(15-19(16)25(30)31)10-12-34-23-3-2-11-33-23/h2-3,5,7,11,13-14,16,19,21H,4,6,8-10,12,15,27H2,1H3,(H,30,31)/t16?,19?,21-/m1/s1. The first kappa shape index (κ1) is 25.3. The maximum absolute atomic E-state index is 12.1. The molecule has 2 unspecified atom stereocenters. The Morgan fingerprint density at radius 2 is 2.29 bits per heavy atom. The van der Waals surface area contributed by atoms with Gasteiger partial charge in [-0.1, -0.05) is 17.7 Å². The van der Waals surface area contributed by atoms with E-state index in [4.69, 9.17) is 22.1 Å². The van der Waals surface area contributed by atoms with Crippen LogP contribution in [-0.4, -0.2) is 53.5 Å². The third-order valence-electron chi connectivity index (χ3n) is 6.59. The van der Waals surface area contributed by atoms with Crippen molar-refractivity contribution in [2.45, 2.75) is 29.5 Å². The third-order valence-corrected chi connectivity index (χ3v) is 9.00. The van der Waals surface area contributed by atoms with Crippen molar-refractivity contribution in [2.75, 3.05) is 32.5 Å². The summed E-state index contributed by atoms with van der Waals surface area (Å²) < 4.78 is 6.67. The first-order valence-electron chi connectivity index (χ1n) is 11.5. The van der Waals surface area contributed by atoms with E-state index in [1.165, 1.54) is 4.21 Å². The van der Waals surface area contributed by atoms with E-state index in [9.17, 15) is 9.90 Å². The number of aromatic nitrogens is 1. The number of fused-ring (bicyclic) bond motifs is 1. The Morgan fingerprint density at radius 3 is 3.03 bits per heavy atom. The smallest absolute Gasteiger partial charge is 0.308 e. The van der Waals surface area contributed by atoms with Gasteiger partial charge in [0.1, 0.15) is 5.75 Å². The predicted molar refractivity (Wildman–Crippen MR) is 140 cm³/mol. The molecule has 6 nitrogen and oxygen atoms in total. The first-order chi connectivity index (χ1) is 16.5. The zero-order chi connectivity index (χ0) is 24.1. The molecule has 3 heterocycles. The molecule has 3 atom stereocenters. The number of nitrogens with two attached hydrogens (primary N) is 1. The van der Waals surface area contributed by atoms with Gasteiger partial charge in [0.2, 0.25) is 0 Å². The number of pyridine rings is 1. The van der Waals surface area contributed by atoms with E-state index in [0.717, 1.165) is 53.9 Å². The second-order valence-corrected chi connectivity index (χ2v) is 11.4. The lowest BCUT2D eigenvalue weighted by molar-refractivity contribution is -0.146. The van der Waals surface area contributed by atoms with E-state index < -0.39 is 5.97 Å². The minimum atomic E-state index is -0.716. The van der Waals surface area contributed by atoms with E-state index in [-0.39, 0.29) is 17.9 Å². The second kappa shape index (κ2) is 11.7. The van der Waals surface area contributed by atoms with E-state index >= 15 is 0 Å². The van der Waals surface area contributed by atoms with Crippen LogP contribution >= 0.6 is 34.7 Å². The molecule has 3 N–H and O–H groups in total. The summed E-state index contributed by atoms with van der Waals surface area (Å²) in [7, 11) is 1.62. The molecule has 182 valence electrons. The minimum Gasteiger partial charge on any atom is -0.497 e. The fourth-order valence-electron chi connectivity index (χ4n) is 4.73. The average Bonchev–Trinajstić information content (AvgIpc) is 3.36. The van der Waals surface area contributed by atoms with Gasteiger partial charge in [0.25, 0.3) is 0 Å². The van der Waals surface area contributed by atoms with Crippen LogP contribution in [0.2, 0.25) is 5.02 Å². The van der Waals surface area contributed by atoms with Gasteiger partial charge in [-0.15, -0.1) is 23.1 Å². The summed E-state index contributed by atoms with van der Waals surface area (Å²) >= 11 is 10.1. The number of halogens is 1. The zero-order valence-electron chi connectivity index (χ0n) is 19.2. The quantitative estimate of drug-likeness (QED) is 0.339. The number of methoxy groups -OCH3 is 1. The summed E-state index contributed by atoms with van der Waals surface area (Å²) in [6.07, 6.45) is 3.92. The molecule has 4 rings (SSSR count). The van der Waals surface area contributed by atoms with Crippen LogP contribution in [0.5, 0.6) is 5.75 Å². The summed E-state index contributed by atoms with van der Waals surface area (Å²) in [5, 5.41) is 13.4. The number of hydrogen-bond donors (Lipinski definition) is 2. The number of thiophene rings is 1. The molecule has 0 aliphatic carbocycles. The number of carbonyl (C=O) groups is 1. The SMILES string of the molecule is COc1ccc2ncc(Cl)c([C@H](N)CCC3CCN(CCSc4cccs4)CC3C(=O)O)c2c1. The summed E-state index contributed by atoms with van der Waals surface area (Å²) in [5.74, 6) is 0.704. The fraction of sp³-hybridized carbons (Fsp3) is 0.440. The maximum atomic E-state index is 12.1. The van der Waals surface area contributed by atoms with Gasteiger partial charge in [-0.25, -0.2) is 0 Å². The number of likely N-dealkylation sites (tertiary alicyclic amines) is 1. The summed E-state index contributed by atoms with van der Waals surface area (Å²) in [6, 6.07) is 9.55. The molecule has 0 radical (unpaired) electrons. The molecule has 0 saturated carbocycles. The molecule has 0 spiro atoms. The summed E-state index contributed by atoms with van der Waals surface area (Å²) in [4.78, 5) is 18.8. The van der Waals surface area contributed by atoms with Crippen LogP contribution in [0.3, 0.4) is 0 Å². The molecular weight excluding hydrogens is 490 g/mol. The highest BCUT2D eigenvalue weighted by Gasteiger charge is 2.34. The van der Waals surface area contributed by atoms with Crippen LogP contribution in [0.15, 0.2) is 46.1 Å². The zero-order valence-corrected chi connectivity index (χ0v) is 21.5. The van der Waals surface area contributed by atoms with Crippen molar-refractivity contribution < 1.29 is 14.6 Å². The summed E-state index contributed by atoms with van der Waals surface area (Å²) in [6.45, 7) is 2.42. The van der Waals surface area contributed by atoms with Crippen molar-refractivity contribution in [3.05, 3.63) is 52.5 Å². The second-order valence-electron chi connectivity index (χ2n) is 8.66. The lowest BCUT2D eigenvalue weighted by Crippen LogP contribution is -2.44. The molecule has 0 bridgehead atoms. The van der Waals surface area contributed by atoms with Crippen molar-refractivity contribution in [1.82, 2.24) is 9.88 Å². The Morgan fingerprint density at radius 1 is 1.44 bits per heavy atom. The monoisotopic (exact) mass is 519 g/mol. The van der Waals surface area contributed by atoms with Crippen molar-refractivity contribution in [2.24, 2.45) is 17.6 Å². The van der Waals surface area contributed by atoms with E-state index in [1.807, 2.05) is 30.0 Å². The Kier molecular flexibility index (Phi) is 8.71. The van der Waals surface area contributed by atoms with Gasteiger partial charge in [-0.05, 0) is 66.9 Å². The Bertz CT molecular complexity index is 1110. The largest absolute Gasteiger partial charge is 0.497 e. The van der Waals surface area contributed by atoms with Gasteiger partial charge in [-0.3, -0.25) is 9.78 Å². The average molecular weight is 520 g/mol. The number of piperidine rings is 1. The fourth-order valence-corrected chi connectivity index (χ4v) is 6.88. The van der Waals surface area contributed by atoms with E-state index in [0.29, 0.717) is 18.0 Å². The van der Waals surface area contributed by atoms with Crippen molar-refractivity contribution in [3.8, 4) is 5.75 Å². The lowest BCUT2D eigenvalue weighted by Gasteiger charge is -2.37. The Balaban J connectivity index is 1.38. The normalized spacial score (nSPS) is 19.9. The third kappa shape index (κ3) is 6.04. The van der Waals surface area contributed by atoms with E-state index in [1.54, 1.807) is 24.6 Å². The molecule has 1 aliphatic heterocycles.